The van der Waals surface area contributed by atoms with Gasteiger partial charge in [0, 0.05) is 6.92 Å². The summed E-state index contributed by atoms with van der Waals surface area (Å²) in [5.41, 5.74) is 1.19. The van der Waals surface area contributed by atoms with Crippen LogP contribution in [0.25, 0.3) is 0 Å². The minimum Gasteiger partial charge on any atom is -0.476 e. The summed E-state index contributed by atoms with van der Waals surface area (Å²) in [4.78, 5) is 26.5. The van der Waals surface area contributed by atoms with Gasteiger partial charge >= 0.3 is 0 Å². The highest BCUT2D eigenvalue weighted by molar-refractivity contribution is 6.00. The normalized spacial score (nSPS) is 15.1. The van der Waals surface area contributed by atoms with Crippen LogP contribution in [0.3, 0.4) is 0 Å². The molecule has 29 heavy (non-hydrogen) atoms. The molecule has 1 N–H and O–H groups in total. The van der Waals surface area contributed by atoms with Crippen molar-refractivity contribution in [3.8, 4) is 17.2 Å². The largest absolute Gasteiger partial charge is 0.476 e. The number of para-hydroxylation sites is 5. The van der Waals surface area contributed by atoms with E-state index in [1.165, 1.54) is 6.92 Å². The molecular weight excluding hydrogens is 368 g/mol. The van der Waals surface area contributed by atoms with Gasteiger partial charge in [-0.3, -0.25) is 9.59 Å². The molecule has 6 heteroatoms. The van der Waals surface area contributed by atoms with Gasteiger partial charge in [0.2, 0.25) is 5.91 Å². The number of nitrogens with one attached hydrogen (secondary N) is 1. The first-order chi connectivity index (χ1) is 14.1. The lowest BCUT2D eigenvalue weighted by molar-refractivity contribution is -0.123. The summed E-state index contributed by atoms with van der Waals surface area (Å²) in [6, 6.07) is 23.7. The number of hydrogen-bond acceptors (Lipinski definition) is 4. The van der Waals surface area contributed by atoms with Crippen molar-refractivity contribution >= 4 is 23.2 Å². The van der Waals surface area contributed by atoms with Gasteiger partial charge in [-0.1, -0.05) is 42.5 Å². The molecule has 4 rings (SSSR count). The number of carbonyl (C=O) groups excluding carboxylic acids is 2. The van der Waals surface area contributed by atoms with Crippen LogP contribution in [0, 0.1) is 0 Å². The van der Waals surface area contributed by atoms with Crippen molar-refractivity contribution in [2.75, 3.05) is 16.8 Å². The summed E-state index contributed by atoms with van der Waals surface area (Å²) in [5.74, 6) is 1.19. The monoisotopic (exact) mass is 388 g/mol. The Balaban J connectivity index is 1.54. The Hall–Kier alpha value is -3.80. The van der Waals surface area contributed by atoms with E-state index in [1.54, 1.807) is 35.2 Å². The second-order valence-corrected chi connectivity index (χ2v) is 6.60. The molecule has 0 radical (unpaired) electrons. The summed E-state index contributed by atoms with van der Waals surface area (Å²) in [5, 5.41) is 2.86. The Morgan fingerprint density at radius 3 is 2.45 bits per heavy atom. The molecule has 0 unspecified atom stereocenters. The van der Waals surface area contributed by atoms with Gasteiger partial charge in [-0.2, -0.15) is 0 Å². The third-order valence-electron chi connectivity index (χ3n) is 4.56. The van der Waals surface area contributed by atoms with Gasteiger partial charge in [0.25, 0.3) is 5.91 Å². The number of nitrogens with zero attached hydrogens (tertiary/aromatic N) is 1. The van der Waals surface area contributed by atoms with E-state index in [4.69, 9.17) is 9.47 Å². The van der Waals surface area contributed by atoms with Crippen molar-refractivity contribution in [2.24, 2.45) is 0 Å². The Bertz CT molecular complexity index is 1040. The van der Waals surface area contributed by atoms with Crippen LogP contribution in [0.5, 0.6) is 17.2 Å². The maximum Gasteiger partial charge on any atom is 0.267 e. The topological polar surface area (TPSA) is 67.9 Å². The van der Waals surface area contributed by atoms with Crippen LogP contribution in [0.2, 0.25) is 0 Å². The minimum absolute atomic E-state index is 0.139. The molecule has 1 aliphatic rings. The zero-order valence-electron chi connectivity index (χ0n) is 15.9. The van der Waals surface area contributed by atoms with Crippen LogP contribution >= 0.6 is 0 Å². The highest BCUT2D eigenvalue weighted by Gasteiger charge is 2.32. The first-order valence-corrected chi connectivity index (χ1v) is 9.28. The fourth-order valence-corrected chi connectivity index (χ4v) is 3.16. The average Bonchev–Trinajstić information content (AvgIpc) is 2.75. The third kappa shape index (κ3) is 4.06. The van der Waals surface area contributed by atoms with Crippen molar-refractivity contribution < 1.29 is 19.1 Å². The van der Waals surface area contributed by atoms with Gasteiger partial charge in [0.1, 0.15) is 11.5 Å². The smallest absolute Gasteiger partial charge is 0.267 e. The van der Waals surface area contributed by atoms with Gasteiger partial charge < -0.3 is 19.7 Å². The predicted molar refractivity (Wildman–Crippen MR) is 110 cm³/mol. The zero-order chi connectivity index (χ0) is 20.2. The van der Waals surface area contributed by atoms with Crippen LogP contribution in [0.1, 0.15) is 6.92 Å². The average molecular weight is 388 g/mol. The van der Waals surface area contributed by atoms with Gasteiger partial charge in [-0.05, 0) is 36.4 Å². The number of hydrogen-bond donors (Lipinski definition) is 1. The molecule has 0 aromatic heterocycles. The Morgan fingerprint density at radius 1 is 0.966 bits per heavy atom. The van der Waals surface area contributed by atoms with Crippen molar-refractivity contribution in [3.05, 3.63) is 78.9 Å². The molecule has 0 saturated carbocycles. The highest BCUT2D eigenvalue weighted by Crippen LogP contribution is 2.34. The molecule has 1 atom stereocenters. The first-order valence-electron chi connectivity index (χ1n) is 9.28. The van der Waals surface area contributed by atoms with Crippen LogP contribution in [0.4, 0.5) is 11.4 Å². The lowest BCUT2D eigenvalue weighted by Gasteiger charge is -2.33. The number of fused-ring (bicyclic) bond motifs is 1. The maximum absolute atomic E-state index is 12.9. The van der Waals surface area contributed by atoms with E-state index in [2.05, 4.69) is 5.32 Å². The molecule has 0 aliphatic carbocycles. The predicted octanol–water partition coefficient (Wildman–Crippen LogP) is 4.23. The SMILES string of the molecule is CC(=O)N1C[C@H](C(=O)Nc2ccccc2Oc2ccccc2)Oc2ccccc21. The number of amides is 2. The number of ether oxygens (including phenoxy) is 2. The summed E-state index contributed by atoms with van der Waals surface area (Å²) >= 11 is 0. The molecule has 0 bridgehead atoms. The van der Waals surface area contributed by atoms with Gasteiger partial charge in [-0.15, -0.1) is 0 Å². The molecule has 146 valence electrons. The highest BCUT2D eigenvalue weighted by atomic mass is 16.5. The fourth-order valence-electron chi connectivity index (χ4n) is 3.16. The quantitative estimate of drug-likeness (QED) is 0.726. The molecule has 6 nitrogen and oxygen atoms in total. The van der Waals surface area contributed by atoms with E-state index in [1.807, 2.05) is 48.5 Å². The van der Waals surface area contributed by atoms with E-state index in [0.717, 1.165) is 0 Å². The van der Waals surface area contributed by atoms with E-state index >= 15 is 0 Å². The van der Waals surface area contributed by atoms with Crippen molar-refractivity contribution in [1.29, 1.82) is 0 Å². The van der Waals surface area contributed by atoms with Crippen molar-refractivity contribution in [2.45, 2.75) is 13.0 Å². The Morgan fingerprint density at radius 2 is 1.66 bits per heavy atom. The van der Waals surface area contributed by atoms with E-state index in [-0.39, 0.29) is 18.4 Å². The van der Waals surface area contributed by atoms with Crippen LogP contribution in [-0.2, 0) is 9.59 Å². The lowest BCUT2D eigenvalue weighted by Crippen LogP contribution is -2.48. The molecule has 0 fully saturated rings. The van der Waals surface area contributed by atoms with Gasteiger partial charge in [0.15, 0.2) is 11.9 Å². The molecule has 0 saturated heterocycles. The molecule has 3 aromatic carbocycles. The summed E-state index contributed by atoms with van der Waals surface area (Å²) < 4.78 is 11.8. The van der Waals surface area contributed by atoms with Crippen molar-refractivity contribution in [3.63, 3.8) is 0 Å². The molecule has 1 heterocycles. The summed E-state index contributed by atoms with van der Waals surface area (Å²) in [6.07, 6.45) is -0.835. The minimum atomic E-state index is -0.835. The second kappa shape index (κ2) is 8.06. The van der Waals surface area contributed by atoms with Gasteiger partial charge in [-0.25, -0.2) is 0 Å². The Kier molecular flexibility index (Phi) is 5.16. The molecule has 0 spiro atoms. The standard InChI is InChI=1S/C23H20N2O4/c1-16(26)25-15-22(29-21-14-8-6-12-19(21)25)23(27)24-18-11-5-7-13-20(18)28-17-9-3-2-4-10-17/h2-14,22H,15H2,1H3,(H,24,27)/t22-/m1/s1. The van der Waals surface area contributed by atoms with Crippen LogP contribution < -0.4 is 19.7 Å². The zero-order valence-corrected chi connectivity index (χ0v) is 15.9. The van der Waals surface area contributed by atoms with Crippen molar-refractivity contribution in [1.82, 2.24) is 0 Å². The molecule has 3 aromatic rings. The van der Waals surface area contributed by atoms with E-state index in [0.29, 0.717) is 28.6 Å². The summed E-state index contributed by atoms with van der Waals surface area (Å²) in [6.45, 7) is 1.61. The number of carbonyl (C=O) groups is 2. The fraction of sp³-hybridized carbons (Fsp3) is 0.130. The molecular formula is C23H20N2O4. The third-order valence-corrected chi connectivity index (χ3v) is 4.56. The van der Waals surface area contributed by atoms with E-state index < -0.39 is 6.10 Å². The second-order valence-electron chi connectivity index (χ2n) is 6.60. The summed E-state index contributed by atoms with van der Waals surface area (Å²) in [7, 11) is 0. The lowest BCUT2D eigenvalue weighted by atomic mass is 10.1. The number of benzene rings is 3. The van der Waals surface area contributed by atoms with E-state index in [9.17, 15) is 9.59 Å². The number of rotatable bonds is 4. The maximum atomic E-state index is 12.9. The Labute approximate surface area is 168 Å². The van der Waals surface area contributed by atoms with Crippen LogP contribution in [-0.4, -0.2) is 24.5 Å². The number of anilines is 2. The first kappa shape index (κ1) is 18.6. The van der Waals surface area contributed by atoms with Crippen LogP contribution in [0.15, 0.2) is 78.9 Å². The molecule has 2 amide bonds. The van der Waals surface area contributed by atoms with Gasteiger partial charge in [0.05, 0.1) is 17.9 Å². The molecule has 1 aliphatic heterocycles.